The zero-order chi connectivity index (χ0) is 10.9. The fraction of sp³-hybridized carbons (Fsp3) is 0.500. The van der Waals surface area contributed by atoms with Crippen LogP contribution in [0.2, 0.25) is 5.15 Å². The van der Waals surface area contributed by atoms with E-state index in [0.717, 1.165) is 0 Å². The van der Waals surface area contributed by atoms with E-state index in [1.165, 1.54) is 0 Å². The maximum Gasteiger partial charge on any atom is 0.433 e. The van der Waals surface area contributed by atoms with Gasteiger partial charge in [-0.2, -0.15) is 13.2 Å². The van der Waals surface area contributed by atoms with Crippen molar-refractivity contribution in [3.63, 3.8) is 0 Å². The van der Waals surface area contributed by atoms with Gasteiger partial charge in [-0.25, -0.2) is 9.97 Å². The Labute approximate surface area is 84.1 Å². The standard InChI is InChI=1S/C8H8ClF3N2/c1-4(2)7-13-5(8(10,11)12)3-6(9)14-7/h3-4H,1-2H3. The molecular weight excluding hydrogens is 217 g/mol. The highest BCUT2D eigenvalue weighted by Gasteiger charge is 2.33. The minimum absolute atomic E-state index is 0.102. The van der Waals surface area contributed by atoms with Crippen molar-refractivity contribution in [2.75, 3.05) is 0 Å². The first-order valence-electron chi connectivity index (χ1n) is 3.92. The minimum atomic E-state index is -4.48. The molecule has 0 unspecified atom stereocenters. The van der Waals surface area contributed by atoms with Gasteiger partial charge in [0.1, 0.15) is 16.7 Å². The Bertz CT molecular complexity index is 336. The Morgan fingerprint density at radius 3 is 2.29 bits per heavy atom. The zero-order valence-electron chi connectivity index (χ0n) is 7.56. The van der Waals surface area contributed by atoms with E-state index in [1.807, 2.05) is 0 Å². The number of alkyl halides is 3. The van der Waals surface area contributed by atoms with Crippen molar-refractivity contribution in [3.8, 4) is 0 Å². The van der Waals surface area contributed by atoms with E-state index in [1.54, 1.807) is 13.8 Å². The largest absolute Gasteiger partial charge is 0.433 e. The van der Waals surface area contributed by atoms with Crippen LogP contribution in [0.3, 0.4) is 0 Å². The van der Waals surface area contributed by atoms with Crippen LogP contribution in [0.25, 0.3) is 0 Å². The fourth-order valence-electron chi connectivity index (χ4n) is 0.839. The van der Waals surface area contributed by atoms with Gasteiger partial charge in [0.25, 0.3) is 0 Å². The lowest BCUT2D eigenvalue weighted by atomic mass is 10.2. The third-order valence-electron chi connectivity index (χ3n) is 1.52. The molecule has 0 fully saturated rings. The van der Waals surface area contributed by atoms with Gasteiger partial charge in [0, 0.05) is 12.0 Å². The zero-order valence-corrected chi connectivity index (χ0v) is 8.32. The summed E-state index contributed by atoms with van der Waals surface area (Å²) in [4.78, 5) is 7.08. The van der Waals surface area contributed by atoms with Crippen molar-refractivity contribution in [1.29, 1.82) is 0 Å². The van der Waals surface area contributed by atoms with Gasteiger partial charge in [0.2, 0.25) is 0 Å². The molecule has 6 heteroatoms. The maximum atomic E-state index is 12.3. The van der Waals surface area contributed by atoms with Crippen LogP contribution in [0.5, 0.6) is 0 Å². The molecule has 1 aromatic rings. The second-order valence-corrected chi connectivity index (χ2v) is 3.47. The number of hydrogen-bond donors (Lipinski definition) is 0. The number of nitrogens with zero attached hydrogens (tertiary/aromatic N) is 2. The summed E-state index contributed by atoms with van der Waals surface area (Å²) in [5, 5.41) is -0.184. The number of hydrogen-bond acceptors (Lipinski definition) is 2. The quantitative estimate of drug-likeness (QED) is 0.685. The van der Waals surface area contributed by atoms with Gasteiger partial charge in [-0.1, -0.05) is 25.4 Å². The van der Waals surface area contributed by atoms with E-state index < -0.39 is 11.9 Å². The molecule has 0 bridgehead atoms. The van der Waals surface area contributed by atoms with Gasteiger partial charge in [-0.15, -0.1) is 0 Å². The topological polar surface area (TPSA) is 25.8 Å². The SMILES string of the molecule is CC(C)c1nc(Cl)cc(C(F)(F)F)n1. The molecule has 0 N–H and O–H groups in total. The molecule has 0 aromatic carbocycles. The molecule has 0 aliphatic rings. The van der Waals surface area contributed by atoms with Crippen LogP contribution in [0.1, 0.15) is 31.3 Å². The lowest BCUT2D eigenvalue weighted by Gasteiger charge is -2.09. The lowest BCUT2D eigenvalue weighted by Crippen LogP contribution is -2.11. The summed E-state index contributed by atoms with van der Waals surface area (Å²) < 4.78 is 36.8. The summed E-state index contributed by atoms with van der Waals surface area (Å²) in [5.41, 5.74) is -0.999. The van der Waals surface area contributed by atoms with Crippen LogP contribution >= 0.6 is 11.6 Å². The molecule has 0 aliphatic carbocycles. The average molecular weight is 225 g/mol. The highest BCUT2D eigenvalue weighted by atomic mass is 35.5. The van der Waals surface area contributed by atoms with Crippen LogP contribution in [0, 0.1) is 0 Å². The molecule has 0 aliphatic heterocycles. The first-order valence-corrected chi connectivity index (χ1v) is 4.30. The molecule has 78 valence electrons. The molecule has 14 heavy (non-hydrogen) atoms. The Balaban J connectivity index is 3.21. The minimum Gasteiger partial charge on any atom is -0.228 e. The Morgan fingerprint density at radius 1 is 1.29 bits per heavy atom. The Hall–Kier alpha value is -0.840. The first-order chi connectivity index (χ1) is 6.30. The highest BCUT2D eigenvalue weighted by molar-refractivity contribution is 6.29. The molecule has 0 amide bonds. The van der Waals surface area contributed by atoms with Gasteiger partial charge in [-0.3, -0.25) is 0 Å². The molecular formula is C8H8ClF3N2. The average Bonchev–Trinajstić information content (AvgIpc) is 2.01. The second-order valence-electron chi connectivity index (χ2n) is 3.09. The summed E-state index contributed by atoms with van der Waals surface area (Å²) in [5.74, 6) is -0.0837. The van der Waals surface area contributed by atoms with Crippen molar-refractivity contribution < 1.29 is 13.2 Å². The molecule has 0 saturated carbocycles. The van der Waals surface area contributed by atoms with Crippen molar-refractivity contribution in [3.05, 3.63) is 22.7 Å². The number of aromatic nitrogens is 2. The lowest BCUT2D eigenvalue weighted by molar-refractivity contribution is -0.141. The van der Waals surface area contributed by atoms with E-state index in [2.05, 4.69) is 9.97 Å². The van der Waals surface area contributed by atoms with Crippen LogP contribution < -0.4 is 0 Å². The third kappa shape index (κ3) is 2.57. The first kappa shape index (κ1) is 11.2. The summed E-state index contributed by atoms with van der Waals surface area (Å²) >= 11 is 5.45. The Morgan fingerprint density at radius 2 is 1.86 bits per heavy atom. The van der Waals surface area contributed by atoms with Crippen molar-refractivity contribution in [2.45, 2.75) is 25.9 Å². The summed E-state index contributed by atoms with van der Waals surface area (Å²) in [6.07, 6.45) is -4.48. The molecule has 1 aromatic heterocycles. The molecule has 1 heterocycles. The smallest absolute Gasteiger partial charge is 0.228 e. The maximum absolute atomic E-state index is 12.3. The fourth-order valence-corrected chi connectivity index (χ4v) is 1.03. The van der Waals surface area contributed by atoms with Crippen molar-refractivity contribution in [2.24, 2.45) is 0 Å². The van der Waals surface area contributed by atoms with Crippen LogP contribution in [-0.2, 0) is 6.18 Å². The van der Waals surface area contributed by atoms with Gasteiger partial charge >= 0.3 is 6.18 Å². The van der Waals surface area contributed by atoms with E-state index in [-0.39, 0.29) is 16.9 Å². The van der Waals surface area contributed by atoms with Gasteiger partial charge < -0.3 is 0 Å². The summed E-state index contributed by atoms with van der Waals surface area (Å²) in [7, 11) is 0. The molecule has 1 rings (SSSR count). The molecule has 0 atom stereocenters. The van der Waals surface area contributed by atoms with Crippen molar-refractivity contribution in [1.82, 2.24) is 9.97 Å². The second kappa shape index (κ2) is 3.73. The Kier molecular flexibility index (Phi) is 2.99. The van der Waals surface area contributed by atoms with E-state index in [9.17, 15) is 13.2 Å². The highest BCUT2D eigenvalue weighted by Crippen LogP contribution is 2.29. The molecule has 0 spiro atoms. The predicted octanol–water partition coefficient (Wildman–Crippen LogP) is 3.27. The number of rotatable bonds is 1. The number of halogens is 4. The third-order valence-corrected chi connectivity index (χ3v) is 1.71. The van der Waals surface area contributed by atoms with Crippen LogP contribution in [0.4, 0.5) is 13.2 Å². The normalized spacial score (nSPS) is 12.2. The van der Waals surface area contributed by atoms with Gasteiger partial charge in [0.05, 0.1) is 0 Å². The van der Waals surface area contributed by atoms with Crippen LogP contribution in [0.15, 0.2) is 6.07 Å². The van der Waals surface area contributed by atoms with Crippen LogP contribution in [-0.4, -0.2) is 9.97 Å². The van der Waals surface area contributed by atoms with Crippen molar-refractivity contribution >= 4 is 11.6 Å². The predicted molar refractivity (Wildman–Crippen MR) is 46.1 cm³/mol. The molecule has 0 radical (unpaired) electrons. The molecule has 0 saturated heterocycles. The summed E-state index contributed by atoms with van der Waals surface area (Å²) in [6, 6.07) is 0.716. The monoisotopic (exact) mass is 224 g/mol. The van der Waals surface area contributed by atoms with E-state index in [4.69, 9.17) is 11.6 Å². The van der Waals surface area contributed by atoms with Gasteiger partial charge in [-0.05, 0) is 0 Å². The van der Waals surface area contributed by atoms with E-state index >= 15 is 0 Å². The van der Waals surface area contributed by atoms with Gasteiger partial charge in [0.15, 0.2) is 0 Å². The van der Waals surface area contributed by atoms with E-state index in [0.29, 0.717) is 6.07 Å². The molecule has 2 nitrogen and oxygen atoms in total. The summed E-state index contributed by atoms with van der Waals surface area (Å²) in [6.45, 7) is 3.40.